The van der Waals surface area contributed by atoms with Crippen molar-refractivity contribution >= 4 is 10.0 Å². The molecule has 33 heavy (non-hydrogen) atoms. The number of halogens is 3. The number of nitrogens with zero attached hydrogens (tertiary/aromatic N) is 3. The second-order valence-electron chi connectivity index (χ2n) is 7.94. The van der Waals surface area contributed by atoms with Crippen molar-refractivity contribution in [1.29, 1.82) is 0 Å². The molecule has 3 aromatic rings. The fourth-order valence-corrected chi connectivity index (χ4v) is 5.10. The average molecular weight is 481 g/mol. The normalized spacial score (nSPS) is 17.4. The maximum Gasteiger partial charge on any atom is 0.573 e. The maximum absolute atomic E-state index is 12.7. The summed E-state index contributed by atoms with van der Waals surface area (Å²) < 4.78 is 70.8. The van der Waals surface area contributed by atoms with E-state index >= 15 is 0 Å². The third kappa shape index (κ3) is 6.12. The monoisotopic (exact) mass is 480 g/mol. The summed E-state index contributed by atoms with van der Waals surface area (Å²) in [5.74, 6) is -0.576. The van der Waals surface area contributed by atoms with E-state index in [4.69, 9.17) is 0 Å². The van der Waals surface area contributed by atoms with Crippen LogP contribution in [0.2, 0.25) is 0 Å². The predicted octanol–water partition coefficient (Wildman–Crippen LogP) is 3.54. The molecule has 1 fully saturated rings. The summed E-state index contributed by atoms with van der Waals surface area (Å²) in [6.07, 6.45) is -2.41. The van der Waals surface area contributed by atoms with E-state index in [1.54, 1.807) is 4.68 Å². The molecule has 1 aliphatic rings. The summed E-state index contributed by atoms with van der Waals surface area (Å²) in [5.41, 5.74) is 3.00. The van der Waals surface area contributed by atoms with Gasteiger partial charge < -0.3 is 4.74 Å². The minimum absolute atomic E-state index is 0.271. The molecule has 0 spiro atoms. The molecule has 0 radical (unpaired) electrons. The Morgan fingerprint density at radius 1 is 1.15 bits per heavy atom. The number of ether oxygens (including phenoxy) is 1. The topological polar surface area (TPSA) is 76.5 Å². The lowest BCUT2D eigenvalue weighted by atomic mass is 10.1. The first-order chi connectivity index (χ1) is 15.6. The van der Waals surface area contributed by atoms with E-state index in [-0.39, 0.29) is 10.9 Å². The van der Waals surface area contributed by atoms with Crippen LogP contribution in [-0.4, -0.2) is 48.6 Å². The lowest BCUT2D eigenvalue weighted by Gasteiger charge is -2.17. The molecule has 11 heteroatoms. The summed E-state index contributed by atoms with van der Waals surface area (Å²) >= 11 is 0. The van der Waals surface area contributed by atoms with E-state index in [1.807, 2.05) is 43.6 Å². The van der Waals surface area contributed by atoms with Crippen LogP contribution in [0.3, 0.4) is 0 Å². The van der Waals surface area contributed by atoms with Crippen LogP contribution in [0.25, 0.3) is 11.3 Å². The van der Waals surface area contributed by atoms with E-state index in [0.29, 0.717) is 26.1 Å². The fraction of sp³-hybridized carbons (Fsp3) is 0.318. The van der Waals surface area contributed by atoms with Crippen molar-refractivity contribution in [2.75, 3.05) is 13.1 Å². The van der Waals surface area contributed by atoms with Crippen molar-refractivity contribution in [2.24, 2.45) is 7.05 Å². The van der Waals surface area contributed by atoms with Gasteiger partial charge in [0.1, 0.15) is 5.75 Å². The molecule has 0 aliphatic carbocycles. The molecule has 1 aromatic heterocycles. The van der Waals surface area contributed by atoms with Gasteiger partial charge in [-0.1, -0.05) is 30.3 Å². The first-order valence-electron chi connectivity index (χ1n) is 10.3. The van der Waals surface area contributed by atoms with Crippen LogP contribution in [-0.2, 0) is 23.6 Å². The van der Waals surface area contributed by atoms with Crippen LogP contribution in [0.4, 0.5) is 13.2 Å². The summed E-state index contributed by atoms with van der Waals surface area (Å²) in [6.45, 7) is 1.86. The molecule has 0 saturated carbocycles. The van der Waals surface area contributed by atoms with Crippen LogP contribution in [0.5, 0.6) is 5.75 Å². The first-order valence-corrected chi connectivity index (χ1v) is 11.8. The Balaban J connectivity index is 1.35. The molecule has 1 aliphatic heterocycles. The molecule has 7 nitrogen and oxygen atoms in total. The number of likely N-dealkylation sites (tertiary alicyclic amines) is 1. The fourth-order valence-electron chi connectivity index (χ4n) is 3.81. The Morgan fingerprint density at radius 2 is 1.91 bits per heavy atom. The van der Waals surface area contributed by atoms with E-state index in [0.717, 1.165) is 29.0 Å². The van der Waals surface area contributed by atoms with Crippen molar-refractivity contribution in [3.8, 4) is 17.0 Å². The quantitative estimate of drug-likeness (QED) is 0.560. The minimum atomic E-state index is -4.89. The molecular weight excluding hydrogens is 457 g/mol. The highest BCUT2D eigenvalue weighted by Gasteiger charge is 2.32. The van der Waals surface area contributed by atoms with Crippen LogP contribution in [0.15, 0.2) is 65.7 Å². The standard InChI is InChI=1S/C22H23F3N4O3S/c1-28-11-10-21(26-28)17-7-5-16(6-8-17)14-29-12-9-18(15-29)27-33(30,31)20-4-2-3-19(13-20)32-22(23,24)25/h2-8,10-11,13,18,27H,9,12,14-15H2,1H3/t18-/m1/s1. The van der Waals surface area contributed by atoms with Gasteiger partial charge in [-0.3, -0.25) is 9.58 Å². The van der Waals surface area contributed by atoms with Crippen LogP contribution < -0.4 is 9.46 Å². The molecule has 0 unspecified atom stereocenters. The summed E-state index contributed by atoms with van der Waals surface area (Å²) in [7, 11) is -2.12. The van der Waals surface area contributed by atoms with E-state index in [9.17, 15) is 21.6 Å². The highest BCUT2D eigenvalue weighted by atomic mass is 32.2. The minimum Gasteiger partial charge on any atom is -0.406 e. The molecule has 1 N–H and O–H groups in total. The van der Waals surface area contributed by atoms with Gasteiger partial charge in [0, 0.05) is 50.6 Å². The molecule has 0 amide bonds. The number of sulfonamides is 1. The van der Waals surface area contributed by atoms with Crippen LogP contribution >= 0.6 is 0 Å². The maximum atomic E-state index is 12.7. The van der Waals surface area contributed by atoms with Gasteiger partial charge >= 0.3 is 6.36 Å². The van der Waals surface area contributed by atoms with E-state index in [1.165, 1.54) is 12.1 Å². The number of rotatable bonds is 7. The van der Waals surface area contributed by atoms with Gasteiger partial charge in [0.15, 0.2) is 0 Å². The molecule has 0 bridgehead atoms. The van der Waals surface area contributed by atoms with Gasteiger partial charge in [-0.25, -0.2) is 13.1 Å². The van der Waals surface area contributed by atoms with Crippen LogP contribution in [0.1, 0.15) is 12.0 Å². The molecule has 176 valence electrons. The highest BCUT2D eigenvalue weighted by molar-refractivity contribution is 7.89. The van der Waals surface area contributed by atoms with Gasteiger partial charge in [-0.2, -0.15) is 5.10 Å². The first kappa shape index (κ1) is 23.3. The van der Waals surface area contributed by atoms with Gasteiger partial charge in [-0.05, 0) is 30.2 Å². The number of alkyl halides is 3. The Labute approximate surface area is 189 Å². The third-order valence-corrected chi connectivity index (χ3v) is 6.83. The molecule has 4 rings (SSSR count). The zero-order valence-electron chi connectivity index (χ0n) is 17.8. The molecule has 1 saturated heterocycles. The van der Waals surface area contributed by atoms with E-state index < -0.39 is 22.1 Å². The molecular formula is C22H23F3N4O3S. The van der Waals surface area contributed by atoms with Crippen molar-refractivity contribution in [3.05, 3.63) is 66.4 Å². The summed E-state index contributed by atoms with van der Waals surface area (Å²) in [6, 6.07) is 14.0. The van der Waals surface area contributed by atoms with Crippen molar-refractivity contribution in [3.63, 3.8) is 0 Å². The predicted molar refractivity (Wildman–Crippen MR) is 116 cm³/mol. The Bertz CT molecular complexity index is 1210. The SMILES string of the molecule is Cn1ccc(-c2ccc(CN3CC[C@@H](NS(=O)(=O)c4cccc(OC(F)(F)F)c4)C3)cc2)n1. The van der Waals surface area contributed by atoms with Gasteiger partial charge in [0.25, 0.3) is 0 Å². The van der Waals surface area contributed by atoms with Crippen molar-refractivity contribution in [1.82, 2.24) is 19.4 Å². The smallest absolute Gasteiger partial charge is 0.406 e. The van der Waals surface area contributed by atoms with E-state index in [2.05, 4.69) is 19.5 Å². The second-order valence-corrected chi connectivity index (χ2v) is 9.65. The Hall–Kier alpha value is -2.89. The highest BCUT2D eigenvalue weighted by Crippen LogP contribution is 2.25. The van der Waals surface area contributed by atoms with Gasteiger partial charge in [-0.15, -0.1) is 13.2 Å². The number of hydrogen-bond donors (Lipinski definition) is 1. The molecule has 2 heterocycles. The number of aryl methyl sites for hydroxylation is 1. The van der Waals surface area contributed by atoms with Gasteiger partial charge in [0.2, 0.25) is 10.0 Å². The van der Waals surface area contributed by atoms with Crippen molar-refractivity contribution in [2.45, 2.75) is 30.3 Å². The number of hydrogen-bond acceptors (Lipinski definition) is 5. The summed E-state index contributed by atoms with van der Waals surface area (Å²) in [5, 5.41) is 4.38. The average Bonchev–Trinajstić information content (AvgIpc) is 3.36. The molecule has 2 aromatic carbocycles. The van der Waals surface area contributed by atoms with Gasteiger partial charge in [0.05, 0.1) is 10.6 Å². The number of aromatic nitrogens is 2. The molecule has 1 atom stereocenters. The van der Waals surface area contributed by atoms with Crippen LogP contribution in [0, 0.1) is 0 Å². The lowest BCUT2D eigenvalue weighted by Crippen LogP contribution is -2.37. The van der Waals surface area contributed by atoms with Crippen molar-refractivity contribution < 1.29 is 26.3 Å². The Kier molecular flexibility index (Phi) is 6.46. The number of nitrogens with one attached hydrogen (secondary N) is 1. The lowest BCUT2D eigenvalue weighted by molar-refractivity contribution is -0.274. The number of benzene rings is 2. The largest absolute Gasteiger partial charge is 0.573 e. The zero-order valence-corrected chi connectivity index (χ0v) is 18.6. The third-order valence-electron chi connectivity index (χ3n) is 5.31. The second kappa shape index (κ2) is 9.16. The zero-order chi connectivity index (χ0) is 23.6. The Morgan fingerprint density at radius 3 is 2.58 bits per heavy atom. The summed E-state index contributed by atoms with van der Waals surface area (Å²) in [4.78, 5) is 1.86.